The van der Waals surface area contributed by atoms with E-state index >= 15 is 0 Å². The molecule has 90 valence electrons. The number of aromatic nitrogens is 1. The normalized spacial score (nSPS) is 10.8. The van der Waals surface area contributed by atoms with E-state index < -0.39 is 0 Å². The summed E-state index contributed by atoms with van der Waals surface area (Å²) in [6.45, 7) is 6.17. The molecule has 0 fully saturated rings. The molecular formula is C14H18N2O. The quantitative estimate of drug-likeness (QED) is 0.877. The van der Waals surface area contributed by atoms with Gasteiger partial charge in [0.2, 0.25) is 0 Å². The van der Waals surface area contributed by atoms with Crippen molar-refractivity contribution in [3.63, 3.8) is 0 Å². The number of hydrogen-bond donors (Lipinski definition) is 1. The molecule has 1 N–H and O–H groups in total. The molecule has 0 saturated carbocycles. The second-order valence-electron chi connectivity index (χ2n) is 3.98. The van der Waals surface area contributed by atoms with Gasteiger partial charge in [-0.15, -0.1) is 0 Å². The molecule has 0 unspecified atom stereocenters. The Labute approximate surface area is 102 Å². The van der Waals surface area contributed by atoms with Crippen LogP contribution in [0.5, 0.6) is 0 Å². The first-order valence-electron chi connectivity index (χ1n) is 6.04. The zero-order valence-electron chi connectivity index (χ0n) is 10.3. The molecule has 0 bridgehead atoms. The minimum Gasteiger partial charge on any atom is -0.390 e. The molecule has 0 spiro atoms. The predicted molar refractivity (Wildman–Crippen MR) is 71.2 cm³/mol. The zero-order chi connectivity index (χ0) is 12.3. The van der Waals surface area contributed by atoms with Gasteiger partial charge in [-0.3, -0.25) is 4.98 Å². The predicted octanol–water partition coefficient (Wildman–Crippen LogP) is 2.57. The molecule has 0 aliphatic rings. The number of aliphatic hydroxyl groups is 1. The highest BCUT2D eigenvalue weighted by molar-refractivity contribution is 5.91. The van der Waals surface area contributed by atoms with Crippen LogP contribution in [0, 0.1) is 0 Å². The van der Waals surface area contributed by atoms with E-state index in [2.05, 4.69) is 29.8 Å². The number of aliphatic hydroxyl groups excluding tert-OH is 1. The molecule has 3 heteroatoms. The largest absolute Gasteiger partial charge is 0.390 e. The maximum atomic E-state index is 9.27. The summed E-state index contributed by atoms with van der Waals surface area (Å²) in [5.41, 5.74) is 2.83. The van der Waals surface area contributed by atoms with Crippen LogP contribution in [0.3, 0.4) is 0 Å². The summed E-state index contributed by atoms with van der Waals surface area (Å²) in [5.74, 6) is 0. The van der Waals surface area contributed by atoms with Crippen LogP contribution >= 0.6 is 0 Å². The van der Waals surface area contributed by atoms with Crippen molar-refractivity contribution < 1.29 is 5.11 Å². The van der Waals surface area contributed by atoms with Gasteiger partial charge in [0.05, 0.1) is 17.8 Å². The third kappa shape index (κ3) is 2.24. The summed E-state index contributed by atoms with van der Waals surface area (Å²) in [5, 5.41) is 10.4. The van der Waals surface area contributed by atoms with Gasteiger partial charge in [0, 0.05) is 24.2 Å². The summed E-state index contributed by atoms with van der Waals surface area (Å²) in [7, 11) is 0. The highest BCUT2D eigenvalue weighted by Gasteiger charge is 2.09. The Bertz CT molecular complexity index is 507. The molecule has 1 heterocycles. The molecule has 17 heavy (non-hydrogen) atoms. The number of para-hydroxylation sites is 1. The SMILES string of the molecule is CCN(CC)c1cc(CO)nc2ccccc12. The van der Waals surface area contributed by atoms with Gasteiger partial charge in [-0.1, -0.05) is 18.2 Å². The average Bonchev–Trinajstić information content (AvgIpc) is 2.39. The third-order valence-electron chi connectivity index (χ3n) is 3.01. The second kappa shape index (κ2) is 5.15. The fraction of sp³-hybridized carbons (Fsp3) is 0.357. The zero-order valence-corrected chi connectivity index (χ0v) is 10.3. The molecule has 3 nitrogen and oxygen atoms in total. The van der Waals surface area contributed by atoms with Gasteiger partial charge in [0.25, 0.3) is 0 Å². The van der Waals surface area contributed by atoms with Gasteiger partial charge in [-0.05, 0) is 26.0 Å². The lowest BCUT2D eigenvalue weighted by molar-refractivity contribution is 0.277. The van der Waals surface area contributed by atoms with Crippen LogP contribution in [-0.2, 0) is 6.61 Å². The van der Waals surface area contributed by atoms with E-state index in [0.717, 1.165) is 35.4 Å². The topological polar surface area (TPSA) is 36.4 Å². The molecular weight excluding hydrogens is 212 g/mol. The van der Waals surface area contributed by atoms with Crippen LogP contribution in [0.15, 0.2) is 30.3 Å². The van der Waals surface area contributed by atoms with E-state index in [1.54, 1.807) is 0 Å². The van der Waals surface area contributed by atoms with Crippen LogP contribution in [0.25, 0.3) is 10.9 Å². The number of hydrogen-bond acceptors (Lipinski definition) is 3. The number of pyridine rings is 1. The molecule has 2 rings (SSSR count). The van der Waals surface area contributed by atoms with Crippen LogP contribution in [0.2, 0.25) is 0 Å². The monoisotopic (exact) mass is 230 g/mol. The lowest BCUT2D eigenvalue weighted by Gasteiger charge is -2.23. The minimum absolute atomic E-state index is 0.0148. The van der Waals surface area contributed by atoms with Crippen molar-refractivity contribution in [2.45, 2.75) is 20.5 Å². The van der Waals surface area contributed by atoms with Crippen molar-refractivity contribution in [1.29, 1.82) is 0 Å². The Kier molecular flexibility index (Phi) is 3.59. The summed E-state index contributed by atoms with van der Waals surface area (Å²) in [6.07, 6.45) is 0. The molecule has 0 atom stereocenters. The molecule has 0 radical (unpaired) electrons. The van der Waals surface area contributed by atoms with E-state index in [-0.39, 0.29) is 6.61 Å². The molecule has 2 aromatic rings. The Morgan fingerprint density at radius 3 is 2.53 bits per heavy atom. The van der Waals surface area contributed by atoms with Gasteiger partial charge in [-0.25, -0.2) is 0 Å². The van der Waals surface area contributed by atoms with Crippen LogP contribution in [-0.4, -0.2) is 23.2 Å². The van der Waals surface area contributed by atoms with E-state index in [1.807, 2.05) is 24.3 Å². The van der Waals surface area contributed by atoms with Crippen molar-refractivity contribution in [3.05, 3.63) is 36.0 Å². The molecule has 0 saturated heterocycles. The van der Waals surface area contributed by atoms with Gasteiger partial charge < -0.3 is 10.0 Å². The molecule has 0 aliphatic heterocycles. The van der Waals surface area contributed by atoms with Crippen LogP contribution in [0.1, 0.15) is 19.5 Å². The molecule has 1 aromatic carbocycles. The van der Waals surface area contributed by atoms with E-state index in [0.29, 0.717) is 0 Å². The second-order valence-corrected chi connectivity index (χ2v) is 3.98. The minimum atomic E-state index is -0.0148. The number of nitrogens with zero attached hydrogens (tertiary/aromatic N) is 2. The Morgan fingerprint density at radius 1 is 1.18 bits per heavy atom. The maximum Gasteiger partial charge on any atom is 0.0854 e. The van der Waals surface area contributed by atoms with E-state index in [1.165, 1.54) is 0 Å². The summed E-state index contributed by atoms with van der Waals surface area (Å²) in [4.78, 5) is 6.71. The first-order valence-corrected chi connectivity index (χ1v) is 6.04. The van der Waals surface area contributed by atoms with E-state index in [9.17, 15) is 5.11 Å². The van der Waals surface area contributed by atoms with Crippen molar-refractivity contribution in [1.82, 2.24) is 4.98 Å². The van der Waals surface area contributed by atoms with Gasteiger partial charge in [0.15, 0.2) is 0 Å². The molecule has 0 aliphatic carbocycles. The fourth-order valence-corrected chi connectivity index (χ4v) is 2.12. The van der Waals surface area contributed by atoms with E-state index in [4.69, 9.17) is 0 Å². The maximum absolute atomic E-state index is 9.27. The summed E-state index contributed by atoms with van der Waals surface area (Å²) >= 11 is 0. The first-order chi connectivity index (χ1) is 8.30. The number of rotatable bonds is 4. The number of fused-ring (bicyclic) bond motifs is 1. The molecule has 0 amide bonds. The number of benzene rings is 1. The lowest BCUT2D eigenvalue weighted by Crippen LogP contribution is -2.22. The van der Waals surface area contributed by atoms with Gasteiger partial charge >= 0.3 is 0 Å². The first kappa shape index (κ1) is 11.9. The summed E-state index contributed by atoms with van der Waals surface area (Å²) in [6, 6.07) is 10.0. The highest BCUT2D eigenvalue weighted by atomic mass is 16.3. The Hall–Kier alpha value is -1.61. The van der Waals surface area contributed by atoms with Crippen LogP contribution in [0.4, 0.5) is 5.69 Å². The standard InChI is InChI=1S/C14H18N2O/c1-3-16(4-2)14-9-11(10-17)15-13-8-6-5-7-12(13)14/h5-9,17H,3-4,10H2,1-2H3. The van der Waals surface area contributed by atoms with Gasteiger partial charge in [0.1, 0.15) is 0 Å². The molecule has 1 aromatic heterocycles. The summed E-state index contributed by atoms with van der Waals surface area (Å²) < 4.78 is 0. The fourth-order valence-electron chi connectivity index (χ4n) is 2.12. The Balaban J connectivity index is 2.65. The number of anilines is 1. The smallest absolute Gasteiger partial charge is 0.0854 e. The van der Waals surface area contributed by atoms with Crippen molar-refractivity contribution in [3.8, 4) is 0 Å². The Morgan fingerprint density at radius 2 is 1.88 bits per heavy atom. The van der Waals surface area contributed by atoms with Crippen molar-refractivity contribution >= 4 is 16.6 Å². The van der Waals surface area contributed by atoms with Crippen molar-refractivity contribution in [2.75, 3.05) is 18.0 Å². The lowest BCUT2D eigenvalue weighted by atomic mass is 10.1. The third-order valence-corrected chi connectivity index (χ3v) is 3.01. The average molecular weight is 230 g/mol. The van der Waals surface area contributed by atoms with Crippen molar-refractivity contribution in [2.24, 2.45) is 0 Å². The van der Waals surface area contributed by atoms with Crippen LogP contribution < -0.4 is 4.90 Å². The highest BCUT2D eigenvalue weighted by Crippen LogP contribution is 2.26. The van der Waals surface area contributed by atoms with Gasteiger partial charge in [-0.2, -0.15) is 0 Å².